The minimum absolute atomic E-state index is 0.120. The maximum atomic E-state index is 12.5. The van der Waals surface area contributed by atoms with Crippen molar-refractivity contribution >= 4 is 33.9 Å². The van der Waals surface area contributed by atoms with Gasteiger partial charge in [-0.05, 0) is 42.5 Å². The average molecular weight is 449 g/mol. The zero-order valence-electron chi connectivity index (χ0n) is 16.4. The first-order chi connectivity index (χ1) is 15.6. The third-order valence-electron chi connectivity index (χ3n) is 4.72. The number of amides is 1. The largest absolute Gasteiger partial charge is 0.456 e. The molecule has 1 aliphatic heterocycles. The van der Waals surface area contributed by atoms with Crippen LogP contribution in [-0.4, -0.2) is 28.1 Å². The molecule has 2 aromatic heterocycles. The number of hydrogen-bond donors (Lipinski definition) is 1. The molecule has 0 atom stereocenters. The van der Waals surface area contributed by atoms with E-state index in [1.165, 1.54) is 21.8 Å². The molecule has 160 valence electrons. The van der Waals surface area contributed by atoms with Crippen LogP contribution in [0.15, 0.2) is 64.9 Å². The van der Waals surface area contributed by atoms with E-state index in [0.717, 1.165) is 0 Å². The summed E-state index contributed by atoms with van der Waals surface area (Å²) < 4.78 is 17.2. The van der Waals surface area contributed by atoms with Crippen LogP contribution in [0.3, 0.4) is 0 Å². The molecule has 3 heterocycles. The third-order valence-corrected chi connectivity index (χ3v) is 5.48. The number of nitrogens with zero attached hydrogens (tertiary/aromatic N) is 2. The van der Waals surface area contributed by atoms with Crippen molar-refractivity contribution in [1.82, 2.24) is 9.38 Å². The van der Waals surface area contributed by atoms with Crippen molar-refractivity contribution < 1.29 is 23.8 Å². The molecule has 32 heavy (non-hydrogen) atoms. The van der Waals surface area contributed by atoms with Gasteiger partial charge in [0.1, 0.15) is 6.61 Å². The number of hydrogen-bond acceptors (Lipinski definition) is 8. The van der Waals surface area contributed by atoms with Gasteiger partial charge in [-0.3, -0.25) is 14.0 Å². The Morgan fingerprint density at radius 1 is 1.06 bits per heavy atom. The number of fused-ring (bicyclic) bond motifs is 2. The van der Waals surface area contributed by atoms with E-state index < -0.39 is 5.97 Å². The lowest BCUT2D eigenvalue weighted by molar-refractivity contribution is 0.0467. The molecule has 2 aromatic carbocycles. The van der Waals surface area contributed by atoms with Gasteiger partial charge in [-0.15, -0.1) is 11.3 Å². The number of aromatic nitrogens is 2. The van der Waals surface area contributed by atoms with E-state index in [2.05, 4.69) is 10.3 Å². The summed E-state index contributed by atoms with van der Waals surface area (Å²) >= 11 is 1.32. The lowest BCUT2D eigenvalue weighted by atomic mass is 10.1. The van der Waals surface area contributed by atoms with E-state index in [4.69, 9.17) is 14.2 Å². The summed E-state index contributed by atoms with van der Waals surface area (Å²) in [5.41, 5.74) is 1.38. The van der Waals surface area contributed by atoms with Gasteiger partial charge in [0.25, 0.3) is 11.5 Å². The van der Waals surface area contributed by atoms with Crippen molar-refractivity contribution in [2.45, 2.75) is 6.61 Å². The van der Waals surface area contributed by atoms with Gasteiger partial charge in [0, 0.05) is 28.9 Å². The number of ether oxygens (including phenoxy) is 3. The smallest absolute Gasteiger partial charge is 0.338 e. The number of anilines is 1. The first-order valence-electron chi connectivity index (χ1n) is 9.51. The first-order valence-corrected chi connectivity index (χ1v) is 10.4. The maximum Gasteiger partial charge on any atom is 0.338 e. The Hall–Kier alpha value is -4.18. The predicted octanol–water partition coefficient (Wildman–Crippen LogP) is 3.09. The second kappa shape index (κ2) is 8.16. The summed E-state index contributed by atoms with van der Waals surface area (Å²) in [6.45, 7) is 0.0127. The van der Waals surface area contributed by atoms with Gasteiger partial charge in [0.15, 0.2) is 16.5 Å². The molecule has 0 radical (unpaired) electrons. The van der Waals surface area contributed by atoms with Gasteiger partial charge >= 0.3 is 5.97 Å². The van der Waals surface area contributed by atoms with Crippen molar-refractivity contribution in [2.24, 2.45) is 0 Å². The third kappa shape index (κ3) is 3.91. The molecule has 0 bridgehead atoms. The maximum absolute atomic E-state index is 12.5. The molecular formula is C22H15N3O6S. The minimum atomic E-state index is -0.563. The van der Waals surface area contributed by atoms with Gasteiger partial charge in [-0.2, -0.15) is 0 Å². The number of carbonyl (C=O) groups excluding carboxylic acids is 2. The Bertz CT molecular complexity index is 1390. The van der Waals surface area contributed by atoms with Gasteiger partial charge in [-0.1, -0.05) is 0 Å². The molecule has 1 aliphatic rings. The Morgan fingerprint density at radius 2 is 1.84 bits per heavy atom. The topological polar surface area (TPSA) is 108 Å². The molecule has 1 amide bonds. The second-order valence-corrected chi connectivity index (χ2v) is 7.69. The van der Waals surface area contributed by atoms with Crippen LogP contribution >= 0.6 is 11.3 Å². The molecule has 4 aromatic rings. The highest BCUT2D eigenvalue weighted by Crippen LogP contribution is 2.32. The van der Waals surface area contributed by atoms with Crippen LogP contribution in [0.5, 0.6) is 11.5 Å². The number of thiazole rings is 1. The van der Waals surface area contributed by atoms with Gasteiger partial charge in [0.05, 0.1) is 11.3 Å². The molecular weight excluding hydrogens is 434 g/mol. The van der Waals surface area contributed by atoms with E-state index in [1.54, 1.807) is 54.0 Å². The normalized spacial score (nSPS) is 12.0. The number of benzene rings is 2. The van der Waals surface area contributed by atoms with E-state index in [9.17, 15) is 14.4 Å². The zero-order chi connectivity index (χ0) is 22.1. The summed E-state index contributed by atoms with van der Waals surface area (Å²) in [7, 11) is 0. The zero-order valence-corrected chi connectivity index (χ0v) is 17.3. The Labute approximate surface area is 184 Å². The van der Waals surface area contributed by atoms with Crippen molar-refractivity contribution in [2.75, 3.05) is 12.1 Å². The first kappa shape index (κ1) is 19.8. The van der Waals surface area contributed by atoms with Crippen molar-refractivity contribution in [3.8, 4) is 11.5 Å². The van der Waals surface area contributed by atoms with Crippen LogP contribution in [0.2, 0.25) is 0 Å². The van der Waals surface area contributed by atoms with Gasteiger partial charge in [0.2, 0.25) is 6.79 Å². The van der Waals surface area contributed by atoms with E-state index in [0.29, 0.717) is 39.0 Å². The highest BCUT2D eigenvalue weighted by molar-refractivity contribution is 7.15. The minimum Gasteiger partial charge on any atom is -0.456 e. The van der Waals surface area contributed by atoms with Crippen LogP contribution < -0.4 is 20.3 Å². The lowest BCUT2D eigenvalue weighted by Crippen LogP contribution is -2.15. The van der Waals surface area contributed by atoms with E-state index in [-0.39, 0.29) is 24.9 Å². The van der Waals surface area contributed by atoms with Gasteiger partial charge in [-0.25, -0.2) is 9.78 Å². The summed E-state index contributed by atoms with van der Waals surface area (Å²) in [6, 6.07) is 12.6. The molecule has 0 spiro atoms. The Morgan fingerprint density at radius 3 is 2.69 bits per heavy atom. The second-order valence-electron chi connectivity index (χ2n) is 6.82. The SMILES string of the molecule is O=C(Nc1ccc(C(=O)OCc2cc(=O)n3ccsc3n2)cc1)c1ccc2c(c1)OCO2. The fourth-order valence-corrected chi connectivity index (χ4v) is 3.85. The molecule has 1 N–H and O–H groups in total. The Balaban J connectivity index is 1.21. The molecule has 0 fully saturated rings. The quantitative estimate of drug-likeness (QED) is 0.467. The van der Waals surface area contributed by atoms with Crippen LogP contribution in [0.25, 0.3) is 4.96 Å². The molecule has 0 unspecified atom stereocenters. The lowest BCUT2D eigenvalue weighted by Gasteiger charge is -2.08. The number of carbonyl (C=O) groups is 2. The highest BCUT2D eigenvalue weighted by atomic mass is 32.1. The fourth-order valence-electron chi connectivity index (χ4n) is 3.12. The summed E-state index contributed by atoms with van der Waals surface area (Å²) in [4.78, 5) is 41.6. The van der Waals surface area contributed by atoms with E-state index >= 15 is 0 Å². The number of esters is 1. The molecule has 10 heteroatoms. The van der Waals surface area contributed by atoms with Crippen LogP contribution in [0.1, 0.15) is 26.4 Å². The molecule has 5 rings (SSSR count). The standard InChI is InChI=1S/C22H15N3O6S/c26-19-10-16(24-22-25(19)7-8-32-22)11-29-21(28)13-1-4-15(5-2-13)23-20(27)14-3-6-17-18(9-14)31-12-30-17/h1-10H,11-12H2,(H,23,27). The van der Waals surface area contributed by atoms with Crippen molar-refractivity contribution in [3.05, 3.63) is 87.3 Å². The van der Waals surface area contributed by atoms with Crippen LogP contribution in [0, 0.1) is 0 Å². The molecule has 0 saturated carbocycles. The molecule has 9 nitrogen and oxygen atoms in total. The van der Waals surface area contributed by atoms with E-state index in [1.807, 2.05) is 0 Å². The van der Waals surface area contributed by atoms with Crippen LogP contribution in [-0.2, 0) is 11.3 Å². The fraction of sp³-hybridized carbons (Fsp3) is 0.0909. The summed E-state index contributed by atoms with van der Waals surface area (Å²) in [6.07, 6.45) is 1.64. The van der Waals surface area contributed by atoms with Crippen molar-refractivity contribution in [3.63, 3.8) is 0 Å². The molecule has 0 aliphatic carbocycles. The predicted molar refractivity (Wildman–Crippen MR) is 115 cm³/mol. The van der Waals surface area contributed by atoms with Crippen molar-refractivity contribution in [1.29, 1.82) is 0 Å². The van der Waals surface area contributed by atoms with Gasteiger partial charge < -0.3 is 19.5 Å². The average Bonchev–Trinajstić information content (AvgIpc) is 3.47. The number of nitrogens with one attached hydrogen (secondary N) is 1. The molecule has 0 saturated heterocycles. The van der Waals surface area contributed by atoms with Crippen LogP contribution in [0.4, 0.5) is 5.69 Å². The monoisotopic (exact) mass is 449 g/mol. The summed E-state index contributed by atoms with van der Waals surface area (Å²) in [5.74, 6) is 0.234. The Kier molecular flexibility index (Phi) is 5.04. The highest BCUT2D eigenvalue weighted by Gasteiger charge is 2.16. The number of rotatable bonds is 5. The summed E-state index contributed by atoms with van der Waals surface area (Å²) in [5, 5.41) is 4.52.